The molecule has 1 saturated heterocycles. The molecule has 1 heterocycles. The van der Waals surface area contributed by atoms with E-state index in [1.807, 2.05) is 51.1 Å². The number of carbonyl (C=O) groups excluding carboxylic acids is 1. The van der Waals surface area contributed by atoms with Gasteiger partial charge in [-0.25, -0.2) is 4.79 Å². The zero-order valence-electron chi connectivity index (χ0n) is 12.3. The molecule has 0 aliphatic carbocycles. The molecule has 1 aliphatic rings. The van der Waals surface area contributed by atoms with Crippen molar-refractivity contribution in [1.29, 1.82) is 0 Å². The van der Waals surface area contributed by atoms with Crippen LogP contribution in [0.15, 0.2) is 43.2 Å². The molecule has 1 aromatic carbocycles. The van der Waals surface area contributed by atoms with E-state index in [1.54, 1.807) is 4.90 Å². The van der Waals surface area contributed by atoms with E-state index in [0.29, 0.717) is 13.1 Å². The number of ether oxygens (including phenoxy) is 2. The van der Waals surface area contributed by atoms with Gasteiger partial charge < -0.3 is 9.47 Å². The third kappa shape index (κ3) is 2.95. The summed E-state index contributed by atoms with van der Waals surface area (Å²) in [5, 5.41) is 0. The molecule has 108 valence electrons. The van der Waals surface area contributed by atoms with Crippen LogP contribution in [0.3, 0.4) is 0 Å². The highest BCUT2D eigenvalue weighted by Crippen LogP contribution is 2.36. The molecule has 20 heavy (non-hydrogen) atoms. The maximum Gasteiger partial charge on any atom is 0.410 e. The lowest BCUT2D eigenvalue weighted by Gasteiger charge is -2.48. The average molecular weight is 275 g/mol. The van der Waals surface area contributed by atoms with Crippen LogP contribution in [0.4, 0.5) is 4.79 Å². The summed E-state index contributed by atoms with van der Waals surface area (Å²) in [5.41, 5.74) is 0.0566. The van der Waals surface area contributed by atoms with Gasteiger partial charge in [0.2, 0.25) is 0 Å². The average Bonchev–Trinajstić information content (AvgIpc) is 2.32. The van der Waals surface area contributed by atoms with E-state index in [0.717, 1.165) is 5.56 Å². The summed E-state index contributed by atoms with van der Waals surface area (Å²) in [4.78, 5) is 13.6. The number of rotatable bonds is 3. The predicted octanol–water partition coefficient (Wildman–Crippen LogP) is 3.29. The van der Waals surface area contributed by atoms with Gasteiger partial charge in [0, 0.05) is 0 Å². The molecule has 0 N–H and O–H groups in total. The lowest BCUT2D eigenvalue weighted by atomic mass is 9.86. The standard InChI is InChI=1S/C16H21NO3/c1-5-19-16(13-9-7-6-8-10-13)11-17(12-16)14(18)20-15(2,3)4/h5-10H,1,11-12H2,2-4H3. The van der Waals surface area contributed by atoms with Gasteiger partial charge in [-0.1, -0.05) is 36.9 Å². The Labute approximate surface area is 120 Å². The first-order valence-electron chi connectivity index (χ1n) is 6.68. The number of hydrogen-bond acceptors (Lipinski definition) is 3. The third-order valence-electron chi connectivity index (χ3n) is 3.15. The second kappa shape index (κ2) is 5.19. The minimum atomic E-state index is -0.500. The van der Waals surface area contributed by atoms with Crippen molar-refractivity contribution in [2.75, 3.05) is 13.1 Å². The zero-order valence-corrected chi connectivity index (χ0v) is 12.3. The van der Waals surface area contributed by atoms with E-state index in [-0.39, 0.29) is 6.09 Å². The second-order valence-corrected chi connectivity index (χ2v) is 5.98. The highest BCUT2D eigenvalue weighted by Gasteiger charge is 2.49. The van der Waals surface area contributed by atoms with Crippen LogP contribution in [0.25, 0.3) is 0 Å². The summed E-state index contributed by atoms with van der Waals surface area (Å²) in [6.07, 6.45) is 1.12. The Morgan fingerprint density at radius 1 is 1.30 bits per heavy atom. The summed E-state index contributed by atoms with van der Waals surface area (Å²) in [6.45, 7) is 10.1. The number of nitrogens with zero attached hydrogens (tertiary/aromatic N) is 1. The number of amides is 1. The Kier molecular flexibility index (Phi) is 3.75. The van der Waals surface area contributed by atoms with Crippen molar-refractivity contribution in [1.82, 2.24) is 4.90 Å². The molecule has 4 nitrogen and oxygen atoms in total. The minimum absolute atomic E-state index is 0.309. The second-order valence-electron chi connectivity index (χ2n) is 5.98. The monoisotopic (exact) mass is 275 g/mol. The van der Waals surface area contributed by atoms with Crippen molar-refractivity contribution >= 4 is 6.09 Å². The summed E-state index contributed by atoms with van der Waals surface area (Å²) < 4.78 is 11.0. The Hall–Kier alpha value is -1.97. The molecule has 0 atom stereocenters. The molecular weight excluding hydrogens is 254 g/mol. The highest BCUT2D eigenvalue weighted by molar-refractivity contribution is 5.70. The van der Waals surface area contributed by atoms with Gasteiger partial charge >= 0.3 is 6.09 Å². The first-order chi connectivity index (χ1) is 9.36. The van der Waals surface area contributed by atoms with Crippen molar-refractivity contribution in [3.63, 3.8) is 0 Å². The first-order valence-corrected chi connectivity index (χ1v) is 6.68. The summed E-state index contributed by atoms with van der Waals surface area (Å²) in [7, 11) is 0. The van der Waals surface area contributed by atoms with E-state index in [1.165, 1.54) is 6.26 Å². The van der Waals surface area contributed by atoms with Crippen LogP contribution in [0.1, 0.15) is 26.3 Å². The molecule has 1 aromatic rings. The molecule has 1 aliphatic heterocycles. The van der Waals surface area contributed by atoms with Crippen LogP contribution in [0, 0.1) is 0 Å². The molecule has 0 spiro atoms. The minimum Gasteiger partial charge on any atom is -0.487 e. The topological polar surface area (TPSA) is 38.8 Å². The van der Waals surface area contributed by atoms with Crippen LogP contribution in [-0.4, -0.2) is 29.7 Å². The fourth-order valence-electron chi connectivity index (χ4n) is 2.25. The van der Waals surface area contributed by atoms with Crippen LogP contribution in [0.5, 0.6) is 0 Å². The highest BCUT2D eigenvalue weighted by atomic mass is 16.6. The fraction of sp³-hybridized carbons (Fsp3) is 0.438. The van der Waals surface area contributed by atoms with Gasteiger partial charge in [-0.15, -0.1) is 0 Å². The lowest BCUT2D eigenvalue weighted by Crippen LogP contribution is -2.62. The Morgan fingerprint density at radius 3 is 2.40 bits per heavy atom. The smallest absolute Gasteiger partial charge is 0.410 e. The molecule has 0 unspecified atom stereocenters. The summed E-state index contributed by atoms with van der Waals surface area (Å²) in [5.74, 6) is 0. The predicted molar refractivity (Wildman–Crippen MR) is 77.2 cm³/mol. The third-order valence-corrected chi connectivity index (χ3v) is 3.15. The van der Waals surface area contributed by atoms with Crippen LogP contribution < -0.4 is 0 Å². The number of hydrogen-bond donors (Lipinski definition) is 0. The van der Waals surface area contributed by atoms with E-state index < -0.39 is 11.2 Å². The van der Waals surface area contributed by atoms with Gasteiger partial charge in [-0.05, 0) is 26.3 Å². The molecule has 0 bridgehead atoms. The van der Waals surface area contributed by atoms with E-state index >= 15 is 0 Å². The Bertz CT molecular complexity index is 484. The van der Waals surface area contributed by atoms with Gasteiger partial charge in [0.15, 0.2) is 5.60 Å². The quantitative estimate of drug-likeness (QED) is 0.795. The van der Waals surface area contributed by atoms with Gasteiger partial charge in [-0.3, -0.25) is 4.90 Å². The van der Waals surface area contributed by atoms with Gasteiger partial charge in [0.1, 0.15) is 5.60 Å². The Balaban J connectivity index is 2.07. The van der Waals surface area contributed by atoms with Crippen LogP contribution >= 0.6 is 0 Å². The Morgan fingerprint density at radius 2 is 1.90 bits per heavy atom. The van der Waals surface area contributed by atoms with Crippen molar-refractivity contribution < 1.29 is 14.3 Å². The van der Waals surface area contributed by atoms with Gasteiger partial charge in [-0.2, -0.15) is 0 Å². The van der Waals surface area contributed by atoms with E-state index in [9.17, 15) is 4.79 Å². The molecule has 4 heteroatoms. The number of likely N-dealkylation sites (tertiary alicyclic amines) is 1. The van der Waals surface area contributed by atoms with E-state index in [2.05, 4.69) is 6.58 Å². The zero-order chi connectivity index (χ0) is 14.8. The normalized spacial score (nSPS) is 17.1. The molecular formula is C16H21NO3. The van der Waals surface area contributed by atoms with Crippen molar-refractivity contribution in [2.24, 2.45) is 0 Å². The lowest BCUT2D eigenvalue weighted by molar-refractivity contribution is -0.110. The molecule has 0 saturated carbocycles. The van der Waals surface area contributed by atoms with Gasteiger partial charge in [0.25, 0.3) is 0 Å². The SMILES string of the molecule is C=COC1(c2ccccc2)CN(C(=O)OC(C)(C)C)C1. The van der Waals surface area contributed by atoms with E-state index in [4.69, 9.17) is 9.47 Å². The molecule has 0 aromatic heterocycles. The largest absolute Gasteiger partial charge is 0.487 e. The summed E-state index contributed by atoms with van der Waals surface area (Å²) in [6, 6.07) is 9.86. The maximum atomic E-state index is 12.0. The summed E-state index contributed by atoms with van der Waals surface area (Å²) >= 11 is 0. The maximum absolute atomic E-state index is 12.0. The number of benzene rings is 1. The molecule has 1 amide bonds. The van der Waals surface area contributed by atoms with Crippen LogP contribution in [0.2, 0.25) is 0 Å². The van der Waals surface area contributed by atoms with Crippen molar-refractivity contribution in [3.05, 3.63) is 48.7 Å². The van der Waals surface area contributed by atoms with Crippen molar-refractivity contribution in [3.8, 4) is 0 Å². The first kappa shape index (κ1) is 14.4. The molecule has 0 radical (unpaired) electrons. The van der Waals surface area contributed by atoms with Gasteiger partial charge in [0.05, 0.1) is 19.4 Å². The molecule has 2 rings (SSSR count). The number of carbonyl (C=O) groups is 1. The van der Waals surface area contributed by atoms with Crippen LogP contribution in [-0.2, 0) is 15.1 Å². The van der Waals surface area contributed by atoms with Crippen molar-refractivity contribution in [2.45, 2.75) is 32.0 Å². The fourth-order valence-corrected chi connectivity index (χ4v) is 2.25. The molecule has 1 fully saturated rings.